The third-order valence-electron chi connectivity index (χ3n) is 2.79. The van der Waals surface area contributed by atoms with Crippen molar-refractivity contribution in [2.24, 2.45) is 7.05 Å². The van der Waals surface area contributed by atoms with E-state index in [1.165, 1.54) is 0 Å². The number of aromatic nitrogens is 5. The molecule has 0 unspecified atom stereocenters. The minimum Gasteiger partial charge on any atom is -0.467 e. The Morgan fingerprint density at radius 3 is 2.43 bits per heavy atom. The van der Waals surface area contributed by atoms with Gasteiger partial charge >= 0.3 is 6.01 Å². The fourth-order valence-electron chi connectivity index (χ4n) is 1.76. The van der Waals surface area contributed by atoms with Gasteiger partial charge in [-0.1, -0.05) is 6.92 Å². The van der Waals surface area contributed by atoms with Crippen molar-refractivity contribution < 1.29 is 4.74 Å². The predicted octanol–water partition coefficient (Wildman–Crippen LogP) is 1.09. The maximum absolute atomic E-state index is 5.09. The maximum atomic E-state index is 5.09. The van der Waals surface area contributed by atoms with Gasteiger partial charge in [-0.25, -0.2) is 0 Å². The molecule has 2 heterocycles. The van der Waals surface area contributed by atoms with Gasteiger partial charge in [0.25, 0.3) is 0 Å². The van der Waals surface area contributed by atoms with E-state index in [1.54, 1.807) is 11.8 Å². The number of rotatable bonds is 8. The summed E-state index contributed by atoms with van der Waals surface area (Å²) < 4.78 is 6.87. The fraction of sp³-hybridized carbons (Fsp3) is 0.538. The second-order valence-electron chi connectivity index (χ2n) is 4.60. The van der Waals surface area contributed by atoms with E-state index in [2.05, 4.69) is 37.6 Å². The van der Waals surface area contributed by atoms with Crippen molar-refractivity contribution in [2.75, 3.05) is 30.8 Å². The van der Waals surface area contributed by atoms with Crippen molar-refractivity contribution in [1.82, 2.24) is 24.7 Å². The minimum atomic E-state index is 0.299. The molecule has 21 heavy (non-hydrogen) atoms. The van der Waals surface area contributed by atoms with Gasteiger partial charge in [-0.15, -0.1) is 0 Å². The van der Waals surface area contributed by atoms with E-state index in [4.69, 9.17) is 4.74 Å². The second kappa shape index (κ2) is 7.41. The van der Waals surface area contributed by atoms with Crippen LogP contribution in [-0.4, -0.2) is 44.9 Å². The molecule has 0 aromatic carbocycles. The number of anilines is 2. The molecule has 8 heteroatoms. The van der Waals surface area contributed by atoms with Crippen LogP contribution in [0.4, 0.5) is 11.9 Å². The maximum Gasteiger partial charge on any atom is 0.322 e. The Hall–Kier alpha value is -2.38. The normalized spacial score (nSPS) is 10.4. The van der Waals surface area contributed by atoms with E-state index in [0.29, 0.717) is 24.5 Å². The molecule has 2 aromatic rings. The highest BCUT2D eigenvalue weighted by molar-refractivity contribution is 5.35. The van der Waals surface area contributed by atoms with E-state index in [1.807, 2.05) is 19.4 Å². The molecule has 0 aliphatic heterocycles. The first-order valence-corrected chi connectivity index (χ1v) is 6.96. The molecular formula is C13H21N7O. The Morgan fingerprint density at radius 1 is 1.14 bits per heavy atom. The van der Waals surface area contributed by atoms with Crippen LogP contribution in [0.5, 0.6) is 6.01 Å². The highest BCUT2D eigenvalue weighted by Gasteiger charge is 2.06. The van der Waals surface area contributed by atoms with Gasteiger partial charge in [0.2, 0.25) is 11.9 Å². The molecule has 114 valence electrons. The zero-order valence-corrected chi connectivity index (χ0v) is 12.6. The zero-order valence-electron chi connectivity index (χ0n) is 12.6. The van der Waals surface area contributed by atoms with E-state index >= 15 is 0 Å². The zero-order chi connectivity index (χ0) is 15.1. The van der Waals surface area contributed by atoms with Crippen LogP contribution in [0.25, 0.3) is 0 Å². The van der Waals surface area contributed by atoms with Crippen LogP contribution in [-0.2, 0) is 13.5 Å². The summed E-state index contributed by atoms with van der Waals surface area (Å²) in [4.78, 5) is 12.6. The molecule has 2 rings (SSSR count). The third kappa shape index (κ3) is 4.59. The van der Waals surface area contributed by atoms with E-state index in [9.17, 15) is 0 Å². The number of aryl methyl sites for hydroxylation is 1. The summed E-state index contributed by atoms with van der Waals surface area (Å²) in [6.45, 7) is 3.60. The van der Waals surface area contributed by atoms with Gasteiger partial charge in [0, 0.05) is 26.3 Å². The van der Waals surface area contributed by atoms with Gasteiger partial charge in [0.15, 0.2) is 0 Å². The van der Waals surface area contributed by atoms with E-state index < -0.39 is 0 Å². The summed E-state index contributed by atoms with van der Waals surface area (Å²) in [6.07, 6.45) is 5.69. The number of ether oxygens (including phenoxy) is 1. The van der Waals surface area contributed by atoms with Crippen molar-refractivity contribution in [3.05, 3.63) is 18.0 Å². The van der Waals surface area contributed by atoms with Crippen LogP contribution in [0, 0.1) is 0 Å². The molecule has 0 aliphatic carbocycles. The molecule has 0 amide bonds. The van der Waals surface area contributed by atoms with Crippen LogP contribution in [0.1, 0.15) is 18.9 Å². The summed E-state index contributed by atoms with van der Waals surface area (Å²) >= 11 is 0. The lowest BCUT2D eigenvalue weighted by Crippen LogP contribution is -2.12. The van der Waals surface area contributed by atoms with E-state index in [0.717, 1.165) is 24.9 Å². The lowest BCUT2D eigenvalue weighted by atomic mass is 10.2. The average Bonchev–Trinajstić information content (AvgIpc) is 2.90. The minimum absolute atomic E-state index is 0.299. The number of hydrogen-bond donors (Lipinski definition) is 2. The molecule has 0 spiro atoms. The van der Waals surface area contributed by atoms with Crippen molar-refractivity contribution in [2.45, 2.75) is 19.8 Å². The molecular weight excluding hydrogens is 270 g/mol. The average molecular weight is 291 g/mol. The molecule has 2 aromatic heterocycles. The van der Waals surface area contributed by atoms with Crippen molar-refractivity contribution >= 4 is 11.9 Å². The SMILES string of the molecule is CCCNc1nc(NCCc2cnn(C)c2)nc(OC)n1. The van der Waals surface area contributed by atoms with Gasteiger partial charge in [0.1, 0.15) is 0 Å². The van der Waals surface area contributed by atoms with Crippen molar-refractivity contribution in [3.63, 3.8) is 0 Å². The highest BCUT2D eigenvalue weighted by Crippen LogP contribution is 2.11. The van der Waals surface area contributed by atoms with Crippen LogP contribution < -0.4 is 15.4 Å². The summed E-state index contributed by atoms with van der Waals surface area (Å²) in [5.41, 5.74) is 1.16. The highest BCUT2D eigenvalue weighted by atomic mass is 16.5. The first-order chi connectivity index (χ1) is 10.2. The summed E-state index contributed by atoms with van der Waals surface area (Å²) in [7, 11) is 3.44. The number of nitrogens with zero attached hydrogens (tertiary/aromatic N) is 5. The largest absolute Gasteiger partial charge is 0.467 e. The first-order valence-electron chi connectivity index (χ1n) is 6.96. The van der Waals surface area contributed by atoms with Crippen LogP contribution in [0.2, 0.25) is 0 Å². The Balaban J connectivity index is 1.94. The molecule has 0 bridgehead atoms. The molecule has 0 radical (unpaired) electrons. The molecule has 0 saturated carbocycles. The summed E-state index contributed by atoms with van der Waals surface area (Å²) in [5.74, 6) is 1.02. The lowest BCUT2D eigenvalue weighted by molar-refractivity contribution is 0.379. The molecule has 0 fully saturated rings. The Kier molecular flexibility index (Phi) is 5.30. The molecule has 2 N–H and O–H groups in total. The molecule has 0 saturated heterocycles. The number of nitrogens with one attached hydrogen (secondary N) is 2. The monoisotopic (exact) mass is 291 g/mol. The molecule has 0 atom stereocenters. The molecule has 0 aliphatic rings. The fourth-order valence-corrected chi connectivity index (χ4v) is 1.76. The number of hydrogen-bond acceptors (Lipinski definition) is 7. The van der Waals surface area contributed by atoms with Crippen LogP contribution in [0.15, 0.2) is 12.4 Å². The van der Waals surface area contributed by atoms with E-state index in [-0.39, 0.29) is 0 Å². The topological polar surface area (TPSA) is 89.8 Å². The quantitative estimate of drug-likeness (QED) is 0.752. The van der Waals surface area contributed by atoms with Gasteiger partial charge in [-0.05, 0) is 18.4 Å². The van der Waals surface area contributed by atoms with Crippen molar-refractivity contribution in [3.8, 4) is 6.01 Å². The predicted molar refractivity (Wildman–Crippen MR) is 80.6 cm³/mol. The molecule has 8 nitrogen and oxygen atoms in total. The Labute approximate surface area is 124 Å². The van der Waals surface area contributed by atoms with Crippen molar-refractivity contribution in [1.29, 1.82) is 0 Å². The lowest BCUT2D eigenvalue weighted by Gasteiger charge is -2.08. The standard InChI is InChI=1S/C13H21N7O/c1-4-6-14-11-17-12(19-13(18-11)21-3)15-7-5-10-8-16-20(2)9-10/h8-9H,4-7H2,1-3H3,(H2,14,15,17,18,19). The second-order valence-corrected chi connectivity index (χ2v) is 4.60. The summed E-state index contributed by atoms with van der Waals surface area (Å²) in [6, 6.07) is 0.299. The van der Waals surface area contributed by atoms with Gasteiger partial charge < -0.3 is 15.4 Å². The van der Waals surface area contributed by atoms with Crippen LogP contribution >= 0.6 is 0 Å². The first kappa shape index (κ1) is 15.0. The van der Waals surface area contributed by atoms with Gasteiger partial charge in [0.05, 0.1) is 13.3 Å². The Morgan fingerprint density at radius 2 is 1.86 bits per heavy atom. The third-order valence-corrected chi connectivity index (χ3v) is 2.79. The number of methoxy groups -OCH3 is 1. The summed E-state index contributed by atoms with van der Waals surface area (Å²) in [5, 5.41) is 10.4. The van der Waals surface area contributed by atoms with Gasteiger partial charge in [-0.3, -0.25) is 4.68 Å². The smallest absolute Gasteiger partial charge is 0.322 e. The van der Waals surface area contributed by atoms with Crippen LogP contribution in [0.3, 0.4) is 0 Å². The Bertz CT molecular complexity index is 569. The van der Waals surface area contributed by atoms with Gasteiger partial charge in [-0.2, -0.15) is 20.1 Å².